The van der Waals surface area contributed by atoms with Crippen molar-refractivity contribution < 1.29 is 9.13 Å². The first kappa shape index (κ1) is 15.9. The van der Waals surface area contributed by atoms with Crippen LogP contribution in [0.3, 0.4) is 0 Å². The van der Waals surface area contributed by atoms with E-state index in [0.29, 0.717) is 24.3 Å². The molecule has 0 bridgehead atoms. The highest BCUT2D eigenvalue weighted by Gasteiger charge is 2.24. The van der Waals surface area contributed by atoms with Crippen LogP contribution < -0.4 is 15.8 Å². The first-order valence-corrected chi connectivity index (χ1v) is 7.71. The summed E-state index contributed by atoms with van der Waals surface area (Å²) in [5.41, 5.74) is 7.06. The lowest BCUT2D eigenvalue weighted by Crippen LogP contribution is -2.29. The summed E-state index contributed by atoms with van der Waals surface area (Å²) in [7, 11) is 0. The van der Waals surface area contributed by atoms with Crippen molar-refractivity contribution in [2.24, 2.45) is 5.92 Å². The molecule has 0 spiro atoms. The summed E-state index contributed by atoms with van der Waals surface area (Å²) in [6.07, 6.45) is 1.19. The number of likely N-dealkylation sites (tertiary alicyclic amines) is 1. The zero-order valence-corrected chi connectivity index (χ0v) is 13.2. The van der Waals surface area contributed by atoms with Crippen molar-refractivity contribution in [3.05, 3.63) is 17.9 Å². The van der Waals surface area contributed by atoms with Crippen LogP contribution in [0.25, 0.3) is 0 Å². The van der Waals surface area contributed by atoms with Gasteiger partial charge in [-0.25, -0.2) is 4.39 Å². The number of anilines is 2. The van der Waals surface area contributed by atoms with Gasteiger partial charge in [-0.15, -0.1) is 0 Å². The molecule has 1 aromatic carbocycles. The maximum atomic E-state index is 13.7. The van der Waals surface area contributed by atoms with E-state index in [2.05, 4.69) is 24.1 Å². The molecule has 0 aliphatic carbocycles. The molecular weight excluding hydrogens is 269 g/mol. The lowest BCUT2D eigenvalue weighted by Gasteiger charge is -2.20. The Morgan fingerprint density at radius 3 is 2.86 bits per heavy atom. The van der Waals surface area contributed by atoms with E-state index in [1.165, 1.54) is 12.5 Å². The number of hydrogen-bond acceptors (Lipinski definition) is 4. The Labute approximate surface area is 126 Å². The molecule has 0 amide bonds. The van der Waals surface area contributed by atoms with Crippen LogP contribution in [0.4, 0.5) is 15.8 Å². The van der Waals surface area contributed by atoms with Gasteiger partial charge in [0.05, 0.1) is 18.0 Å². The second-order valence-electron chi connectivity index (χ2n) is 5.93. The third kappa shape index (κ3) is 4.00. The Morgan fingerprint density at radius 1 is 1.48 bits per heavy atom. The Balaban J connectivity index is 1.95. The highest BCUT2D eigenvalue weighted by molar-refractivity contribution is 5.68. The average Bonchev–Trinajstić information content (AvgIpc) is 2.90. The van der Waals surface area contributed by atoms with Crippen LogP contribution in [0.15, 0.2) is 12.1 Å². The number of nitrogens with one attached hydrogen (secondary N) is 1. The van der Waals surface area contributed by atoms with Gasteiger partial charge >= 0.3 is 0 Å². The summed E-state index contributed by atoms with van der Waals surface area (Å²) >= 11 is 0. The maximum absolute atomic E-state index is 13.7. The van der Waals surface area contributed by atoms with Crippen molar-refractivity contribution in [1.82, 2.24) is 4.90 Å². The quantitative estimate of drug-likeness (QED) is 0.792. The second kappa shape index (κ2) is 6.98. The van der Waals surface area contributed by atoms with E-state index in [1.807, 2.05) is 6.92 Å². The van der Waals surface area contributed by atoms with Gasteiger partial charge in [-0.1, -0.05) is 0 Å². The Hall–Kier alpha value is -1.49. The van der Waals surface area contributed by atoms with Crippen molar-refractivity contribution in [3.63, 3.8) is 0 Å². The minimum atomic E-state index is -0.410. The van der Waals surface area contributed by atoms with Gasteiger partial charge in [-0.2, -0.15) is 0 Å². The molecule has 1 atom stereocenters. The minimum Gasteiger partial charge on any atom is -0.491 e. The largest absolute Gasteiger partial charge is 0.491 e. The van der Waals surface area contributed by atoms with Gasteiger partial charge in [0.1, 0.15) is 0 Å². The summed E-state index contributed by atoms with van der Waals surface area (Å²) in [5.74, 6) is 0.448. The number of hydrogen-bond donors (Lipinski definition) is 2. The van der Waals surface area contributed by atoms with Gasteiger partial charge in [-0.3, -0.25) is 0 Å². The van der Waals surface area contributed by atoms with E-state index >= 15 is 0 Å². The Morgan fingerprint density at radius 2 is 2.24 bits per heavy atom. The number of rotatable bonds is 6. The molecule has 118 valence electrons. The first-order valence-electron chi connectivity index (χ1n) is 7.71. The summed E-state index contributed by atoms with van der Waals surface area (Å²) in [6, 6.07) is 3.57. The van der Waals surface area contributed by atoms with Gasteiger partial charge in [0.2, 0.25) is 0 Å². The molecule has 5 heteroatoms. The van der Waals surface area contributed by atoms with Crippen LogP contribution in [0, 0.1) is 11.7 Å². The van der Waals surface area contributed by atoms with Gasteiger partial charge < -0.3 is 20.7 Å². The van der Waals surface area contributed by atoms with E-state index in [9.17, 15) is 4.39 Å². The molecule has 0 radical (unpaired) electrons. The van der Waals surface area contributed by atoms with Crippen molar-refractivity contribution in [3.8, 4) is 5.75 Å². The lowest BCUT2D eigenvalue weighted by atomic mass is 10.1. The molecule has 1 aliphatic rings. The predicted octanol–water partition coefficient (Wildman–Crippen LogP) is 2.95. The number of benzene rings is 1. The fraction of sp³-hybridized carbons (Fsp3) is 0.625. The minimum absolute atomic E-state index is 0.254. The van der Waals surface area contributed by atoms with Crippen LogP contribution >= 0.6 is 0 Å². The molecule has 1 unspecified atom stereocenters. The number of halogens is 1. The van der Waals surface area contributed by atoms with Crippen LogP contribution in [-0.2, 0) is 0 Å². The Kier molecular flexibility index (Phi) is 5.28. The van der Waals surface area contributed by atoms with Gasteiger partial charge in [0.15, 0.2) is 11.6 Å². The summed E-state index contributed by atoms with van der Waals surface area (Å²) in [6.45, 7) is 9.82. The van der Waals surface area contributed by atoms with E-state index in [1.54, 1.807) is 6.07 Å². The molecule has 0 aromatic heterocycles. The van der Waals surface area contributed by atoms with Crippen molar-refractivity contribution in [1.29, 1.82) is 0 Å². The highest BCUT2D eigenvalue weighted by Crippen LogP contribution is 2.29. The van der Waals surface area contributed by atoms with E-state index in [-0.39, 0.29) is 5.75 Å². The zero-order chi connectivity index (χ0) is 15.4. The van der Waals surface area contributed by atoms with E-state index in [4.69, 9.17) is 10.5 Å². The molecule has 1 aromatic rings. The van der Waals surface area contributed by atoms with Gasteiger partial charge in [0.25, 0.3) is 0 Å². The molecule has 3 N–H and O–H groups in total. The third-order valence-corrected chi connectivity index (χ3v) is 4.03. The molecule has 1 fully saturated rings. The molecule has 1 heterocycles. The Bertz CT molecular complexity index is 479. The molecule has 21 heavy (non-hydrogen) atoms. The van der Waals surface area contributed by atoms with Crippen LogP contribution in [0.2, 0.25) is 0 Å². The number of ether oxygens (including phenoxy) is 1. The zero-order valence-electron chi connectivity index (χ0n) is 13.2. The molecular formula is C16H26FN3O. The standard InChI is InChI=1S/C16H26FN3O/c1-4-21-16-8-15(14(18)7-13(16)17)19-9-12-5-6-20(10-12)11(2)3/h7-8,11-12,19H,4-6,9-10,18H2,1-3H3. The predicted molar refractivity (Wildman–Crippen MR) is 85.3 cm³/mol. The number of nitrogen functional groups attached to an aromatic ring is 1. The van der Waals surface area contributed by atoms with Crippen LogP contribution in [0.1, 0.15) is 27.2 Å². The van der Waals surface area contributed by atoms with Gasteiger partial charge in [-0.05, 0) is 39.7 Å². The summed E-state index contributed by atoms with van der Waals surface area (Å²) in [5, 5.41) is 3.34. The monoisotopic (exact) mass is 295 g/mol. The normalized spacial score (nSPS) is 19.2. The average molecular weight is 295 g/mol. The first-order chi connectivity index (χ1) is 10.0. The van der Waals surface area contributed by atoms with Crippen molar-refractivity contribution in [2.75, 3.05) is 37.3 Å². The molecule has 4 nitrogen and oxygen atoms in total. The summed E-state index contributed by atoms with van der Waals surface area (Å²) < 4.78 is 18.9. The smallest absolute Gasteiger partial charge is 0.167 e. The fourth-order valence-electron chi connectivity index (χ4n) is 2.74. The molecule has 1 saturated heterocycles. The third-order valence-electron chi connectivity index (χ3n) is 4.03. The topological polar surface area (TPSA) is 50.5 Å². The lowest BCUT2D eigenvalue weighted by molar-refractivity contribution is 0.266. The fourth-order valence-corrected chi connectivity index (χ4v) is 2.74. The highest BCUT2D eigenvalue weighted by atomic mass is 19.1. The number of nitrogens with two attached hydrogens (primary N) is 1. The van der Waals surface area contributed by atoms with E-state index in [0.717, 1.165) is 25.3 Å². The van der Waals surface area contributed by atoms with Crippen molar-refractivity contribution in [2.45, 2.75) is 33.2 Å². The van der Waals surface area contributed by atoms with E-state index < -0.39 is 5.82 Å². The van der Waals surface area contributed by atoms with Crippen molar-refractivity contribution >= 4 is 11.4 Å². The SMILES string of the molecule is CCOc1cc(NCC2CCN(C(C)C)C2)c(N)cc1F. The number of nitrogens with zero attached hydrogens (tertiary/aromatic N) is 1. The van der Waals surface area contributed by atoms with Gasteiger partial charge in [0, 0.05) is 31.3 Å². The molecule has 0 saturated carbocycles. The molecule has 2 rings (SSSR count). The molecule has 1 aliphatic heterocycles. The maximum Gasteiger partial charge on any atom is 0.167 e. The summed E-state index contributed by atoms with van der Waals surface area (Å²) in [4.78, 5) is 2.48. The second-order valence-corrected chi connectivity index (χ2v) is 5.93. The van der Waals surface area contributed by atoms with Crippen LogP contribution in [0.5, 0.6) is 5.75 Å². The van der Waals surface area contributed by atoms with Crippen LogP contribution in [-0.4, -0.2) is 37.2 Å².